The molecule has 3 nitrogen and oxygen atoms in total. The highest BCUT2D eigenvalue weighted by atomic mass is 16.7. The molecule has 0 amide bonds. The van der Waals surface area contributed by atoms with Crippen molar-refractivity contribution >= 4 is 6.29 Å². The normalized spacial score (nSPS) is 13.6. The molecular weight excluding hydrogens is 132 g/mol. The van der Waals surface area contributed by atoms with E-state index < -0.39 is 0 Å². The van der Waals surface area contributed by atoms with Crippen molar-refractivity contribution in [3.63, 3.8) is 0 Å². The van der Waals surface area contributed by atoms with Crippen molar-refractivity contribution in [2.75, 3.05) is 14.2 Å². The molecule has 0 N–H and O–H groups in total. The zero-order valence-corrected chi connectivity index (χ0v) is 6.66. The molecule has 1 atom stereocenters. The highest BCUT2D eigenvalue weighted by Crippen LogP contribution is 2.09. The molecule has 0 rings (SSSR count). The Kier molecular flexibility index (Phi) is 5.16. The lowest BCUT2D eigenvalue weighted by Crippen LogP contribution is -2.22. The van der Waals surface area contributed by atoms with Crippen molar-refractivity contribution in [2.45, 2.75) is 19.6 Å². The molecule has 0 heterocycles. The number of carbonyl (C=O) groups excluding carboxylic acids is 1. The minimum absolute atomic E-state index is 0.132. The van der Waals surface area contributed by atoms with E-state index in [1.165, 1.54) is 0 Å². The summed E-state index contributed by atoms with van der Waals surface area (Å²) in [5.74, 6) is 0.132. The van der Waals surface area contributed by atoms with E-state index in [1.807, 2.05) is 6.92 Å². The summed E-state index contributed by atoms with van der Waals surface area (Å²) in [6.45, 7) is 1.91. The summed E-state index contributed by atoms with van der Waals surface area (Å²) < 4.78 is 9.87. The minimum atomic E-state index is -0.259. The fraction of sp³-hybridized carbons (Fsp3) is 0.857. The van der Waals surface area contributed by atoms with Gasteiger partial charge in [0, 0.05) is 26.6 Å². The van der Waals surface area contributed by atoms with E-state index in [0.717, 1.165) is 6.29 Å². The second kappa shape index (κ2) is 5.38. The number of aldehydes is 1. The lowest BCUT2D eigenvalue weighted by atomic mass is 10.1. The van der Waals surface area contributed by atoms with Crippen LogP contribution in [0.25, 0.3) is 0 Å². The molecule has 10 heavy (non-hydrogen) atoms. The monoisotopic (exact) mass is 146 g/mol. The van der Waals surface area contributed by atoms with E-state index in [0.29, 0.717) is 6.42 Å². The standard InChI is InChI=1S/C7H14O3/c1-6(4-5-8)7(9-2)10-3/h5-7H,4H2,1-3H3/t6-/m0/s1. The van der Waals surface area contributed by atoms with Crippen LogP contribution in [0.4, 0.5) is 0 Å². The second-order valence-electron chi connectivity index (χ2n) is 2.22. The third kappa shape index (κ3) is 2.94. The zero-order chi connectivity index (χ0) is 7.98. The van der Waals surface area contributed by atoms with Crippen LogP contribution in [0.3, 0.4) is 0 Å². The summed E-state index contributed by atoms with van der Waals surface area (Å²) >= 11 is 0. The number of rotatable bonds is 5. The third-order valence-electron chi connectivity index (χ3n) is 1.40. The number of ether oxygens (including phenoxy) is 2. The summed E-state index contributed by atoms with van der Waals surface area (Å²) in [5.41, 5.74) is 0. The summed E-state index contributed by atoms with van der Waals surface area (Å²) in [6.07, 6.45) is 1.09. The summed E-state index contributed by atoms with van der Waals surface area (Å²) in [4.78, 5) is 10.0. The Hall–Kier alpha value is -0.410. The van der Waals surface area contributed by atoms with Crippen molar-refractivity contribution in [1.82, 2.24) is 0 Å². The van der Waals surface area contributed by atoms with E-state index >= 15 is 0 Å². The van der Waals surface area contributed by atoms with Gasteiger partial charge in [-0.3, -0.25) is 0 Å². The fourth-order valence-electron chi connectivity index (χ4n) is 0.824. The van der Waals surface area contributed by atoms with E-state index in [9.17, 15) is 4.79 Å². The predicted octanol–water partition coefficient (Wildman–Crippen LogP) is 0.830. The van der Waals surface area contributed by atoms with Crippen molar-refractivity contribution < 1.29 is 14.3 Å². The first kappa shape index (κ1) is 9.59. The average Bonchev–Trinajstić information content (AvgIpc) is 1.91. The first-order chi connectivity index (χ1) is 4.76. The molecule has 0 bridgehead atoms. The Morgan fingerprint density at radius 2 is 1.90 bits per heavy atom. The lowest BCUT2D eigenvalue weighted by Gasteiger charge is -2.18. The quantitative estimate of drug-likeness (QED) is 0.425. The van der Waals surface area contributed by atoms with E-state index in [-0.39, 0.29) is 12.2 Å². The van der Waals surface area contributed by atoms with Crippen LogP contribution < -0.4 is 0 Å². The maximum atomic E-state index is 10.0. The Morgan fingerprint density at radius 1 is 1.40 bits per heavy atom. The first-order valence-electron chi connectivity index (χ1n) is 3.25. The fourth-order valence-corrected chi connectivity index (χ4v) is 0.824. The summed E-state index contributed by atoms with van der Waals surface area (Å²) in [6, 6.07) is 0. The molecule has 0 fully saturated rings. The highest BCUT2D eigenvalue weighted by molar-refractivity contribution is 5.49. The molecule has 0 aromatic carbocycles. The van der Waals surface area contributed by atoms with Crippen molar-refractivity contribution in [1.29, 1.82) is 0 Å². The number of hydrogen-bond donors (Lipinski definition) is 0. The number of hydrogen-bond acceptors (Lipinski definition) is 3. The van der Waals surface area contributed by atoms with Crippen LogP contribution in [0, 0.1) is 5.92 Å². The van der Waals surface area contributed by atoms with Crippen LogP contribution in [-0.4, -0.2) is 26.8 Å². The largest absolute Gasteiger partial charge is 0.356 e. The van der Waals surface area contributed by atoms with E-state index in [2.05, 4.69) is 0 Å². The van der Waals surface area contributed by atoms with Gasteiger partial charge in [0.2, 0.25) is 0 Å². The Morgan fingerprint density at radius 3 is 2.20 bits per heavy atom. The maximum absolute atomic E-state index is 10.0. The average molecular weight is 146 g/mol. The highest BCUT2D eigenvalue weighted by Gasteiger charge is 2.14. The van der Waals surface area contributed by atoms with Crippen LogP contribution in [0.5, 0.6) is 0 Å². The van der Waals surface area contributed by atoms with Crippen molar-refractivity contribution in [3.05, 3.63) is 0 Å². The van der Waals surface area contributed by atoms with Crippen molar-refractivity contribution in [3.8, 4) is 0 Å². The maximum Gasteiger partial charge on any atom is 0.159 e. The van der Waals surface area contributed by atoms with E-state index in [4.69, 9.17) is 9.47 Å². The van der Waals surface area contributed by atoms with Crippen molar-refractivity contribution in [2.24, 2.45) is 5.92 Å². The summed E-state index contributed by atoms with van der Waals surface area (Å²) in [5, 5.41) is 0. The van der Waals surface area contributed by atoms with Crippen LogP contribution in [0.1, 0.15) is 13.3 Å². The molecule has 0 saturated carbocycles. The molecule has 0 unspecified atom stereocenters. The molecule has 0 aliphatic rings. The van der Waals surface area contributed by atoms with E-state index in [1.54, 1.807) is 14.2 Å². The van der Waals surface area contributed by atoms with Gasteiger partial charge in [0.25, 0.3) is 0 Å². The van der Waals surface area contributed by atoms with Crippen LogP contribution >= 0.6 is 0 Å². The van der Waals surface area contributed by atoms with Gasteiger partial charge in [-0.1, -0.05) is 6.92 Å². The van der Waals surface area contributed by atoms with Gasteiger partial charge in [0.05, 0.1) is 0 Å². The Balaban J connectivity index is 3.63. The molecule has 0 aromatic rings. The molecular formula is C7H14O3. The molecule has 3 heteroatoms. The molecule has 0 aliphatic carbocycles. The second-order valence-corrected chi connectivity index (χ2v) is 2.22. The van der Waals surface area contributed by atoms with Crippen LogP contribution in [-0.2, 0) is 14.3 Å². The Labute approximate surface area is 61.3 Å². The topological polar surface area (TPSA) is 35.5 Å². The lowest BCUT2D eigenvalue weighted by molar-refractivity contribution is -0.138. The van der Waals surface area contributed by atoms with Gasteiger partial charge in [-0.05, 0) is 0 Å². The first-order valence-corrected chi connectivity index (χ1v) is 3.25. The van der Waals surface area contributed by atoms with Gasteiger partial charge in [0.15, 0.2) is 6.29 Å². The molecule has 0 aromatic heterocycles. The smallest absolute Gasteiger partial charge is 0.159 e. The predicted molar refractivity (Wildman–Crippen MR) is 37.7 cm³/mol. The molecule has 0 aliphatic heterocycles. The van der Waals surface area contributed by atoms with Crippen LogP contribution in [0.15, 0.2) is 0 Å². The number of carbonyl (C=O) groups is 1. The molecule has 60 valence electrons. The zero-order valence-electron chi connectivity index (χ0n) is 6.66. The van der Waals surface area contributed by atoms with Gasteiger partial charge in [-0.2, -0.15) is 0 Å². The molecule has 0 radical (unpaired) electrons. The van der Waals surface area contributed by atoms with Gasteiger partial charge < -0.3 is 14.3 Å². The van der Waals surface area contributed by atoms with Gasteiger partial charge in [-0.15, -0.1) is 0 Å². The SMILES string of the molecule is COC(OC)[C@@H](C)CC=O. The van der Waals surface area contributed by atoms with Gasteiger partial charge in [-0.25, -0.2) is 0 Å². The molecule has 0 spiro atoms. The van der Waals surface area contributed by atoms with Gasteiger partial charge >= 0.3 is 0 Å². The number of methoxy groups -OCH3 is 2. The third-order valence-corrected chi connectivity index (χ3v) is 1.40. The van der Waals surface area contributed by atoms with Gasteiger partial charge in [0.1, 0.15) is 6.29 Å². The van der Waals surface area contributed by atoms with Crippen LogP contribution in [0.2, 0.25) is 0 Å². The Bertz CT molecular complexity index is 88.9. The molecule has 0 saturated heterocycles. The minimum Gasteiger partial charge on any atom is -0.356 e. The summed E-state index contributed by atoms with van der Waals surface area (Å²) in [7, 11) is 3.13.